The molecule has 0 saturated heterocycles. The fourth-order valence-corrected chi connectivity index (χ4v) is 1.98. The topological polar surface area (TPSA) is 188 Å². The lowest BCUT2D eigenvalue weighted by Crippen LogP contribution is -2.14. The standard InChI is InChI=1S/C13H15NO4.C7H7NO2.C6H10O3.CH2Cl2/c1-9(2)12(15)17-7-8-18-13(16)10-3-5-11(14)6-4-10;8-6-3-1-5(2-4-6)7(9)10;1-5(2)6(8)9-4-3-7;2-1-3/h3-6H,1,7-8,14H2,2H3;1-4H,8H2,(H,9,10);7H,1,3-4H2,2H3;1H2. The molecule has 0 aliphatic heterocycles. The molecule has 2 aromatic rings. The van der Waals surface area contributed by atoms with Crippen molar-refractivity contribution in [3.8, 4) is 0 Å². The molecule has 0 fully saturated rings. The van der Waals surface area contributed by atoms with Crippen LogP contribution in [0.25, 0.3) is 0 Å². The first-order chi connectivity index (χ1) is 18.8. The highest BCUT2D eigenvalue weighted by Crippen LogP contribution is 2.07. The van der Waals surface area contributed by atoms with Gasteiger partial charge in [-0.05, 0) is 62.4 Å². The number of aromatic carboxylic acids is 1. The number of ether oxygens (including phenoxy) is 3. The molecule has 2 aromatic carbocycles. The molecule has 0 aromatic heterocycles. The van der Waals surface area contributed by atoms with Crippen LogP contribution in [0, 0.1) is 0 Å². The van der Waals surface area contributed by atoms with E-state index >= 15 is 0 Å². The van der Waals surface area contributed by atoms with Crippen molar-refractivity contribution >= 4 is 58.5 Å². The van der Waals surface area contributed by atoms with Gasteiger partial charge in [0, 0.05) is 22.5 Å². The molecule has 0 aliphatic carbocycles. The first kappa shape index (κ1) is 38.1. The normalized spacial score (nSPS) is 9.03. The number of halogens is 2. The number of hydrogen-bond acceptors (Lipinski definition) is 10. The molecule has 40 heavy (non-hydrogen) atoms. The minimum absolute atomic E-state index is 0.00221. The Morgan fingerprint density at radius 2 is 1.07 bits per heavy atom. The number of carboxylic acids is 1. The Bertz CT molecular complexity index is 1090. The fraction of sp³-hybridized carbons (Fsp3) is 0.259. The van der Waals surface area contributed by atoms with E-state index in [9.17, 15) is 19.2 Å². The smallest absolute Gasteiger partial charge is 0.338 e. The van der Waals surface area contributed by atoms with Crippen LogP contribution in [0.4, 0.5) is 11.4 Å². The van der Waals surface area contributed by atoms with E-state index in [-0.39, 0.29) is 37.3 Å². The predicted molar refractivity (Wildman–Crippen MR) is 154 cm³/mol. The van der Waals surface area contributed by atoms with Gasteiger partial charge in [0.2, 0.25) is 0 Å². The summed E-state index contributed by atoms with van der Waals surface area (Å²) in [7, 11) is 0. The Hall–Kier alpha value is -4.06. The largest absolute Gasteiger partial charge is 0.478 e. The van der Waals surface area contributed by atoms with E-state index in [0.29, 0.717) is 28.1 Å². The maximum Gasteiger partial charge on any atom is 0.338 e. The van der Waals surface area contributed by atoms with Gasteiger partial charge in [-0.3, -0.25) is 0 Å². The number of benzene rings is 2. The van der Waals surface area contributed by atoms with Gasteiger partial charge in [0.05, 0.1) is 23.1 Å². The van der Waals surface area contributed by atoms with Crippen LogP contribution in [0.15, 0.2) is 72.8 Å². The third-order valence-electron chi connectivity index (χ3n) is 3.88. The fourth-order valence-electron chi connectivity index (χ4n) is 1.98. The second-order valence-electron chi connectivity index (χ2n) is 7.34. The van der Waals surface area contributed by atoms with Crippen LogP contribution in [0.2, 0.25) is 0 Å². The Morgan fingerprint density at radius 1 is 0.725 bits per heavy atom. The van der Waals surface area contributed by atoms with Crippen molar-refractivity contribution in [2.75, 3.05) is 43.2 Å². The number of aliphatic hydroxyl groups is 1. The molecule has 13 heteroatoms. The molecule has 6 N–H and O–H groups in total. The number of alkyl halides is 2. The maximum absolute atomic E-state index is 11.5. The SMILES string of the molecule is C=C(C)C(=O)OCCO.C=C(C)C(=O)OCCOC(=O)c1ccc(N)cc1.ClCCl.Nc1ccc(C(=O)O)cc1. The molecule has 220 valence electrons. The zero-order valence-electron chi connectivity index (χ0n) is 22.2. The minimum Gasteiger partial charge on any atom is -0.478 e. The molecule has 0 saturated carbocycles. The lowest BCUT2D eigenvalue weighted by molar-refractivity contribution is -0.140. The Labute approximate surface area is 242 Å². The summed E-state index contributed by atoms with van der Waals surface area (Å²) in [5.74, 6) is -2.37. The summed E-state index contributed by atoms with van der Waals surface area (Å²) in [6, 6.07) is 12.4. The van der Waals surface area contributed by atoms with Crippen molar-refractivity contribution in [3.63, 3.8) is 0 Å². The summed E-state index contributed by atoms with van der Waals surface area (Å²) in [5.41, 5.74) is 13.3. The van der Waals surface area contributed by atoms with E-state index in [1.165, 1.54) is 12.1 Å². The van der Waals surface area contributed by atoms with Crippen molar-refractivity contribution in [1.82, 2.24) is 0 Å². The van der Waals surface area contributed by atoms with Gasteiger partial charge in [-0.25, -0.2) is 19.2 Å². The molecule has 0 spiro atoms. The van der Waals surface area contributed by atoms with Crippen LogP contribution in [0.1, 0.15) is 34.6 Å². The summed E-state index contributed by atoms with van der Waals surface area (Å²) in [6.45, 7) is 9.80. The monoisotopic (exact) mass is 600 g/mol. The lowest BCUT2D eigenvalue weighted by Gasteiger charge is -2.06. The molecule has 0 bridgehead atoms. The number of anilines is 2. The minimum atomic E-state index is -0.931. The van der Waals surface area contributed by atoms with Crippen LogP contribution in [0.3, 0.4) is 0 Å². The van der Waals surface area contributed by atoms with E-state index in [2.05, 4.69) is 17.9 Å². The average molecular weight is 601 g/mol. The van der Waals surface area contributed by atoms with Crippen LogP contribution in [-0.2, 0) is 23.8 Å². The van der Waals surface area contributed by atoms with E-state index < -0.39 is 23.9 Å². The zero-order chi connectivity index (χ0) is 31.1. The molecule has 11 nitrogen and oxygen atoms in total. The Balaban J connectivity index is 0. The molecule has 0 radical (unpaired) electrons. The third kappa shape index (κ3) is 20.0. The quantitative estimate of drug-likeness (QED) is 0.0811. The van der Waals surface area contributed by atoms with Gasteiger partial charge >= 0.3 is 23.9 Å². The van der Waals surface area contributed by atoms with Crippen LogP contribution in [0.5, 0.6) is 0 Å². The van der Waals surface area contributed by atoms with Crippen LogP contribution in [-0.4, -0.2) is 65.9 Å². The van der Waals surface area contributed by atoms with Crippen LogP contribution >= 0.6 is 23.2 Å². The van der Waals surface area contributed by atoms with E-state index in [4.69, 9.17) is 54.4 Å². The highest BCUT2D eigenvalue weighted by atomic mass is 35.5. The first-order valence-electron chi connectivity index (χ1n) is 11.3. The van der Waals surface area contributed by atoms with Gasteiger partial charge < -0.3 is 35.9 Å². The number of carbonyl (C=O) groups is 4. The summed E-state index contributed by atoms with van der Waals surface area (Å²) >= 11 is 9.53. The van der Waals surface area contributed by atoms with E-state index in [1.807, 2.05) is 0 Å². The number of nitrogens with two attached hydrogens (primary N) is 2. The highest BCUT2D eigenvalue weighted by Gasteiger charge is 2.08. The second-order valence-corrected chi connectivity index (χ2v) is 8.15. The molecular formula is C27H34Cl2N2O9. The maximum atomic E-state index is 11.5. The molecular weight excluding hydrogens is 567 g/mol. The van der Waals surface area contributed by atoms with Gasteiger partial charge in [-0.1, -0.05) is 13.2 Å². The molecule has 0 heterocycles. The van der Waals surface area contributed by atoms with E-state index in [1.54, 1.807) is 50.2 Å². The summed E-state index contributed by atoms with van der Waals surface area (Å²) < 4.78 is 14.1. The summed E-state index contributed by atoms with van der Waals surface area (Å²) in [6.07, 6.45) is 0. The second kappa shape index (κ2) is 22.9. The molecule has 0 aliphatic rings. The number of esters is 3. The van der Waals surface area contributed by atoms with E-state index in [0.717, 1.165) is 0 Å². The predicted octanol–water partition coefficient (Wildman–Crippen LogP) is 4.03. The van der Waals surface area contributed by atoms with Crippen molar-refractivity contribution in [3.05, 3.63) is 84.0 Å². The number of carboxylic acid groups (broad SMARTS) is 1. The number of carbonyl (C=O) groups excluding carboxylic acids is 3. The van der Waals surface area contributed by atoms with Crippen molar-refractivity contribution < 1.29 is 43.6 Å². The summed E-state index contributed by atoms with van der Waals surface area (Å²) in [4.78, 5) is 43.3. The van der Waals surface area contributed by atoms with Gasteiger partial charge in [0.25, 0.3) is 0 Å². The van der Waals surface area contributed by atoms with Gasteiger partial charge in [-0.15, -0.1) is 23.2 Å². The van der Waals surface area contributed by atoms with Gasteiger partial charge in [0.15, 0.2) is 0 Å². The number of hydrogen-bond donors (Lipinski definition) is 4. The number of aliphatic hydroxyl groups excluding tert-OH is 1. The molecule has 0 unspecified atom stereocenters. The van der Waals surface area contributed by atoms with Crippen molar-refractivity contribution in [1.29, 1.82) is 0 Å². The highest BCUT2D eigenvalue weighted by molar-refractivity contribution is 6.40. The summed E-state index contributed by atoms with van der Waals surface area (Å²) in [5, 5.41) is 16.8. The van der Waals surface area contributed by atoms with Gasteiger partial charge in [0.1, 0.15) is 19.8 Å². The molecule has 0 amide bonds. The Morgan fingerprint density at radius 3 is 1.43 bits per heavy atom. The zero-order valence-corrected chi connectivity index (χ0v) is 23.7. The molecule has 0 atom stereocenters. The first-order valence-corrected chi connectivity index (χ1v) is 12.4. The number of rotatable bonds is 9. The van der Waals surface area contributed by atoms with Gasteiger partial charge in [-0.2, -0.15) is 0 Å². The van der Waals surface area contributed by atoms with Crippen LogP contribution < -0.4 is 11.5 Å². The lowest BCUT2D eigenvalue weighted by atomic mass is 10.2. The van der Waals surface area contributed by atoms with Crippen molar-refractivity contribution in [2.24, 2.45) is 0 Å². The Kier molecular flexibility index (Phi) is 21.8. The average Bonchev–Trinajstić information content (AvgIpc) is 2.91. The van der Waals surface area contributed by atoms with Crippen molar-refractivity contribution in [2.45, 2.75) is 13.8 Å². The number of nitrogen functional groups attached to an aromatic ring is 2. The third-order valence-corrected chi connectivity index (χ3v) is 3.88. The molecule has 2 rings (SSSR count).